The van der Waals surface area contributed by atoms with E-state index in [1.54, 1.807) is 0 Å². The third-order valence-corrected chi connectivity index (χ3v) is 10.1. The van der Waals surface area contributed by atoms with Crippen molar-refractivity contribution >= 4 is 19.8 Å². The molecular formula is C46H81O10P. The third kappa shape index (κ3) is 41.6. The lowest BCUT2D eigenvalue weighted by atomic mass is 10.1. The minimum atomic E-state index is -4.64. The Kier molecular flexibility index (Phi) is 40.1. The highest BCUT2D eigenvalue weighted by molar-refractivity contribution is 7.47. The number of rotatable bonds is 41. The van der Waals surface area contributed by atoms with Gasteiger partial charge in [-0.3, -0.25) is 18.6 Å². The van der Waals surface area contributed by atoms with Crippen LogP contribution in [0.2, 0.25) is 0 Å². The number of esters is 2. The van der Waals surface area contributed by atoms with Crippen molar-refractivity contribution in [3.8, 4) is 0 Å². The molecule has 11 heteroatoms. The van der Waals surface area contributed by atoms with Crippen LogP contribution in [0.15, 0.2) is 60.8 Å². The van der Waals surface area contributed by atoms with Crippen molar-refractivity contribution < 1.29 is 47.8 Å². The van der Waals surface area contributed by atoms with Crippen molar-refractivity contribution in [1.82, 2.24) is 0 Å². The molecule has 0 radical (unpaired) electrons. The Morgan fingerprint density at radius 2 is 0.947 bits per heavy atom. The molecule has 1 unspecified atom stereocenters. The first kappa shape index (κ1) is 54.7. The van der Waals surface area contributed by atoms with Gasteiger partial charge in [0.15, 0.2) is 6.10 Å². The van der Waals surface area contributed by atoms with E-state index in [0.29, 0.717) is 12.8 Å². The highest BCUT2D eigenvalue weighted by atomic mass is 31.2. The van der Waals surface area contributed by atoms with E-state index < -0.39 is 51.8 Å². The van der Waals surface area contributed by atoms with Gasteiger partial charge in [-0.1, -0.05) is 158 Å². The lowest BCUT2D eigenvalue weighted by molar-refractivity contribution is -0.161. The number of phosphoric ester groups is 1. The fraction of sp³-hybridized carbons (Fsp3) is 0.739. The Morgan fingerprint density at radius 3 is 1.49 bits per heavy atom. The van der Waals surface area contributed by atoms with Crippen molar-refractivity contribution in [3.63, 3.8) is 0 Å². The van der Waals surface area contributed by atoms with Crippen LogP contribution in [0.25, 0.3) is 0 Å². The van der Waals surface area contributed by atoms with E-state index in [0.717, 1.165) is 51.4 Å². The molecule has 3 atom stereocenters. The second-order valence-electron chi connectivity index (χ2n) is 14.7. The number of hydrogen-bond donors (Lipinski definition) is 3. The van der Waals surface area contributed by atoms with Crippen LogP contribution < -0.4 is 0 Å². The topological polar surface area (TPSA) is 149 Å². The zero-order valence-corrected chi connectivity index (χ0v) is 36.7. The van der Waals surface area contributed by atoms with Gasteiger partial charge in [0.25, 0.3) is 0 Å². The summed E-state index contributed by atoms with van der Waals surface area (Å²) in [6, 6.07) is 0. The van der Waals surface area contributed by atoms with Gasteiger partial charge < -0.3 is 24.6 Å². The molecule has 0 rings (SSSR count). The molecule has 0 aliphatic rings. The molecule has 0 saturated carbocycles. The normalized spacial score (nSPS) is 14.4. The lowest BCUT2D eigenvalue weighted by Crippen LogP contribution is -2.29. The van der Waals surface area contributed by atoms with Gasteiger partial charge in [0, 0.05) is 12.8 Å². The first-order valence-corrected chi connectivity index (χ1v) is 23.7. The van der Waals surface area contributed by atoms with Gasteiger partial charge in [0.1, 0.15) is 12.7 Å². The molecule has 0 aromatic carbocycles. The number of unbranched alkanes of at least 4 members (excludes halogenated alkanes) is 17. The third-order valence-electron chi connectivity index (χ3n) is 9.16. The van der Waals surface area contributed by atoms with Crippen molar-refractivity contribution in [2.75, 3.05) is 26.4 Å². The van der Waals surface area contributed by atoms with E-state index in [4.69, 9.17) is 19.1 Å². The van der Waals surface area contributed by atoms with Crippen molar-refractivity contribution in [3.05, 3.63) is 60.8 Å². The smallest absolute Gasteiger partial charge is 0.462 e. The van der Waals surface area contributed by atoms with Crippen LogP contribution in [0.1, 0.15) is 181 Å². The fourth-order valence-electron chi connectivity index (χ4n) is 5.70. The second kappa shape index (κ2) is 41.8. The molecule has 0 amide bonds. The van der Waals surface area contributed by atoms with Gasteiger partial charge in [-0.05, 0) is 70.6 Å². The number of aliphatic hydroxyl groups is 2. The second-order valence-corrected chi connectivity index (χ2v) is 16.2. The van der Waals surface area contributed by atoms with Crippen LogP contribution >= 0.6 is 7.82 Å². The summed E-state index contributed by atoms with van der Waals surface area (Å²) in [5, 5.41) is 18.3. The number of allylic oxidation sites excluding steroid dienone is 10. The molecule has 0 bridgehead atoms. The van der Waals surface area contributed by atoms with Crippen LogP contribution in [0.3, 0.4) is 0 Å². The monoisotopic (exact) mass is 825 g/mol. The van der Waals surface area contributed by atoms with Crippen LogP contribution in [0.4, 0.5) is 0 Å². The molecule has 0 spiro atoms. The van der Waals surface area contributed by atoms with E-state index in [1.807, 2.05) is 6.08 Å². The predicted molar refractivity (Wildman–Crippen MR) is 233 cm³/mol. The Labute approximate surface area is 346 Å². The molecule has 0 aromatic heterocycles. The fourth-order valence-corrected chi connectivity index (χ4v) is 6.49. The molecule has 0 aliphatic heterocycles. The van der Waals surface area contributed by atoms with Gasteiger partial charge in [-0.2, -0.15) is 0 Å². The number of hydrogen-bond acceptors (Lipinski definition) is 9. The number of carbonyl (C=O) groups is 2. The highest BCUT2D eigenvalue weighted by Crippen LogP contribution is 2.43. The quantitative estimate of drug-likeness (QED) is 0.0235. The SMILES string of the molecule is CCCCC/C=C/C/C=C/C/C=C/C/C=C/CCCCCC(=O)OC[C@H](COP(=O)(O)OC[C@@H](O)CO)OC(=O)CC/C=C/CCCCCCCCCCCCC. The number of ether oxygens (including phenoxy) is 2. The maximum atomic E-state index is 12.6. The molecule has 0 aromatic rings. The van der Waals surface area contributed by atoms with E-state index >= 15 is 0 Å². The zero-order valence-electron chi connectivity index (χ0n) is 35.8. The molecule has 57 heavy (non-hydrogen) atoms. The highest BCUT2D eigenvalue weighted by Gasteiger charge is 2.27. The Morgan fingerprint density at radius 1 is 0.526 bits per heavy atom. The number of aliphatic hydroxyl groups excluding tert-OH is 2. The zero-order chi connectivity index (χ0) is 41.9. The summed E-state index contributed by atoms with van der Waals surface area (Å²) in [7, 11) is -4.64. The van der Waals surface area contributed by atoms with E-state index in [2.05, 4.69) is 73.1 Å². The Bertz CT molecular complexity index is 1130. The Balaban J connectivity index is 4.39. The molecular weight excluding hydrogens is 743 g/mol. The molecule has 0 fully saturated rings. The largest absolute Gasteiger partial charge is 0.472 e. The summed E-state index contributed by atoms with van der Waals surface area (Å²) < 4.78 is 32.6. The minimum absolute atomic E-state index is 0.0919. The number of phosphoric acid groups is 1. The summed E-state index contributed by atoms with van der Waals surface area (Å²) >= 11 is 0. The van der Waals surface area contributed by atoms with Crippen molar-refractivity contribution in [2.24, 2.45) is 0 Å². The molecule has 10 nitrogen and oxygen atoms in total. The van der Waals surface area contributed by atoms with E-state index in [1.165, 1.54) is 89.9 Å². The summed E-state index contributed by atoms with van der Waals surface area (Å²) in [5.41, 5.74) is 0. The van der Waals surface area contributed by atoms with Gasteiger partial charge in [-0.25, -0.2) is 4.57 Å². The maximum absolute atomic E-state index is 12.6. The van der Waals surface area contributed by atoms with E-state index in [-0.39, 0.29) is 19.4 Å². The van der Waals surface area contributed by atoms with Gasteiger partial charge in [0.2, 0.25) is 0 Å². The summed E-state index contributed by atoms with van der Waals surface area (Å²) in [5.74, 6) is -1.02. The average molecular weight is 825 g/mol. The number of carbonyl (C=O) groups excluding carboxylic acids is 2. The molecule has 0 saturated heterocycles. The summed E-state index contributed by atoms with van der Waals surface area (Å²) in [4.78, 5) is 35.0. The molecule has 0 heterocycles. The summed E-state index contributed by atoms with van der Waals surface area (Å²) in [6.07, 6.45) is 46.3. The van der Waals surface area contributed by atoms with Gasteiger partial charge >= 0.3 is 19.8 Å². The van der Waals surface area contributed by atoms with Gasteiger partial charge in [-0.15, -0.1) is 0 Å². The standard InChI is InChI=1S/C46H81O10P/c1-3-5-7-9-11-13-15-17-19-20-21-22-24-25-27-29-31-33-35-37-45(49)53-41-44(42-55-57(51,52)54-40-43(48)39-47)56-46(50)38-36-34-32-30-28-26-23-18-16-14-12-10-8-6-4-2/h11,13,17,19,21-22,25,27,32,34,43-44,47-48H,3-10,12,14-16,18,20,23-24,26,28-31,33,35-42H2,1-2H3,(H,51,52)/b13-11+,19-17+,22-21+,27-25+,34-32+/t43-,44+/m0/s1. The molecule has 330 valence electrons. The van der Waals surface area contributed by atoms with E-state index in [9.17, 15) is 24.2 Å². The van der Waals surface area contributed by atoms with Crippen molar-refractivity contribution in [2.45, 2.75) is 193 Å². The maximum Gasteiger partial charge on any atom is 0.472 e. The predicted octanol–water partition coefficient (Wildman–Crippen LogP) is 11.9. The molecule has 0 aliphatic carbocycles. The lowest BCUT2D eigenvalue weighted by Gasteiger charge is -2.20. The first-order chi connectivity index (χ1) is 27.7. The van der Waals surface area contributed by atoms with Crippen LogP contribution in [0.5, 0.6) is 0 Å². The average Bonchev–Trinajstić information content (AvgIpc) is 3.20. The minimum Gasteiger partial charge on any atom is -0.462 e. The van der Waals surface area contributed by atoms with Crippen LogP contribution in [0, 0.1) is 0 Å². The van der Waals surface area contributed by atoms with Gasteiger partial charge in [0.05, 0.1) is 19.8 Å². The van der Waals surface area contributed by atoms with Crippen molar-refractivity contribution in [1.29, 1.82) is 0 Å². The molecule has 3 N–H and O–H groups in total. The first-order valence-electron chi connectivity index (χ1n) is 22.2. The van der Waals surface area contributed by atoms with Crippen LogP contribution in [-0.4, -0.2) is 65.7 Å². The van der Waals surface area contributed by atoms with Crippen LogP contribution in [-0.2, 0) is 32.7 Å². The summed E-state index contributed by atoms with van der Waals surface area (Å²) in [6.45, 7) is 2.27. The Hall–Kier alpha value is -2.33.